The van der Waals surface area contributed by atoms with Crippen LogP contribution in [-0.4, -0.2) is 0 Å². The minimum Gasteiger partial charge on any atom is -0.271 e. The van der Waals surface area contributed by atoms with Gasteiger partial charge in [0.2, 0.25) is 0 Å². The summed E-state index contributed by atoms with van der Waals surface area (Å²) in [6, 6.07) is 7.15. The van der Waals surface area contributed by atoms with Crippen molar-refractivity contribution in [3.05, 3.63) is 55.4 Å². The van der Waals surface area contributed by atoms with Gasteiger partial charge >= 0.3 is 0 Å². The van der Waals surface area contributed by atoms with Crippen molar-refractivity contribution in [2.45, 2.75) is 31.7 Å². The maximum atomic E-state index is 13.1. The maximum absolute atomic E-state index is 13.1. The van der Waals surface area contributed by atoms with Crippen molar-refractivity contribution < 1.29 is 4.39 Å². The molecular weight excluding hydrogens is 339 g/mol. The molecule has 2 aromatic rings. The van der Waals surface area contributed by atoms with Gasteiger partial charge in [0.05, 0.1) is 6.04 Å². The first-order valence-corrected chi connectivity index (χ1v) is 8.30. The lowest BCUT2D eigenvalue weighted by Gasteiger charge is -2.15. The third-order valence-corrected chi connectivity index (χ3v) is 5.84. The van der Waals surface area contributed by atoms with Crippen LogP contribution in [0.4, 0.5) is 4.39 Å². The summed E-state index contributed by atoms with van der Waals surface area (Å²) in [6.07, 6.45) is 4.39. The molecule has 1 aromatic heterocycles. The van der Waals surface area contributed by atoms with Crippen molar-refractivity contribution in [1.82, 2.24) is 5.43 Å². The Morgan fingerprint density at radius 3 is 2.90 bits per heavy atom. The van der Waals surface area contributed by atoms with Gasteiger partial charge in [-0.25, -0.2) is 4.39 Å². The molecule has 0 spiro atoms. The summed E-state index contributed by atoms with van der Waals surface area (Å²) in [7, 11) is 0. The highest BCUT2D eigenvalue weighted by Crippen LogP contribution is 2.35. The quantitative estimate of drug-likeness (QED) is 0.645. The van der Waals surface area contributed by atoms with Crippen molar-refractivity contribution in [2.24, 2.45) is 5.84 Å². The Morgan fingerprint density at radius 2 is 2.20 bits per heavy atom. The SMILES string of the molecule is NNC(Cc1ccc(F)cc1Br)c1cc2c(s1)CCC2. The van der Waals surface area contributed by atoms with Crippen LogP contribution in [0.25, 0.3) is 0 Å². The molecule has 0 amide bonds. The highest BCUT2D eigenvalue weighted by atomic mass is 79.9. The van der Waals surface area contributed by atoms with E-state index in [4.69, 9.17) is 5.84 Å². The first kappa shape index (κ1) is 14.2. The number of hydrogen-bond donors (Lipinski definition) is 2. The van der Waals surface area contributed by atoms with Crippen LogP contribution in [0.5, 0.6) is 0 Å². The number of nitrogens with two attached hydrogens (primary N) is 1. The average molecular weight is 355 g/mol. The lowest BCUT2D eigenvalue weighted by atomic mass is 10.0. The maximum Gasteiger partial charge on any atom is 0.124 e. The van der Waals surface area contributed by atoms with Crippen LogP contribution in [0.3, 0.4) is 0 Å². The normalized spacial score (nSPS) is 15.3. The Kier molecular flexibility index (Phi) is 4.21. The molecule has 0 bridgehead atoms. The predicted octanol–water partition coefficient (Wildman–Crippen LogP) is 3.89. The van der Waals surface area contributed by atoms with Crippen molar-refractivity contribution in [1.29, 1.82) is 0 Å². The second kappa shape index (κ2) is 5.93. The molecule has 5 heteroatoms. The standard InChI is InChI=1S/C15H16BrFN2S/c16-12-8-11(17)5-4-9(12)6-13(19-18)15-7-10-2-1-3-14(10)20-15/h4-5,7-8,13,19H,1-3,6,18H2. The summed E-state index contributed by atoms with van der Waals surface area (Å²) in [4.78, 5) is 2.77. The van der Waals surface area contributed by atoms with E-state index < -0.39 is 0 Å². The zero-order valence-corrected chi connectivity index (χ0v) is 13.4. The van der Waals surface area contributed by atoms with Crippen LogP contribution in [0.15, 0.2) is 28.7 Å². The zero-order chi connectivity index (χ0) is 14.1. The number of halogens is 2. The number of rotatable bonds is 4. The third-order valence-electron chi connectivity index (χ3n) is 3.75. The van der Waals surface area contributed by atoms with Crippen LogP contribution >= 0.6 is 27.3 Å². The average Bonchev–Trinajstić information content (AvgIpc) is 2.98. The summed E-state index contributed by atoms with van der Waals surface area (Å²) in [5.41, 5.74) is 5.43. The van der Waals surface area contributed by atoms with Gasteiger partial charge in [0, 0.05) is 14.2 Å². The van der Waals surface area contributed by atoms with Gasteiger partial charge in [-0.05, 0) is 55.0 Å². The number of thiophene rings is 1. The van der Waals surface area contributed by atoms with Gasteiger partial charge in [0.25, 0.3) is 0 Å². The summed E-state index contributed by atoms with van der Waals surface area (Å²) >= 11 is 5.27. The molecule has 3 N–H and O–H groups in total. The molecule has 0 saturated carbocycles. The summed E-state index contributed by atoms with van der Waals surface area (Å²) < 4.78 is 13.9. The summed E-state index contributed by atoms with van der Waals surface area (Å²) in [6.45, 7) is 0. The molecule has 1 heterocycles. The van der Waals surface area contributed by atoms with Crippen LogP contribution in [0.2, 0.25) is 0 Å². The van der Waals surface area contributed by atoms with E-state index in [0.29, 0.717) is 0 Å². The van der Waals surface area contributed by atoms with Crippen molar-refractivity contribution in [3.63, 3.8) is 0 Å². The summed E-state index contributed by atoms with van der Waals surface area (Å²) in [5, 5.41) is 0. The molecule has 1 atom stereocenters. The molecule has 1 unspecified atom stereocenters. The number of aryl methyl sites for hydroxylation is 2. The Labute approximate surface area is 130 Å². The van der Waals surface area contributed by atoms with Crippen molar-refractivity contribution >= 4 is 27.3 Å². The largest absolute Gasteiger partial charge is 0.271 e. The monoisotopic (exact) mass is 354 g/mol. The molecule has 0 fully saturated rings. The first-order valence-electron chi connectivity index (χ1n) is 6.69. The van der Waals surface area contributed by atoms with E-state index in [1.165, 1.54) is 46.7 Å². The highest BCUT2D eigenvalue weighted by Gasteiger charge is 2.20. The molecule has 1 aliphatic rings. The topological polar surface area (TPSA) is 38.0 Å². The fourth-order valence-electron chi connectivity index (χ4n) is 2.67. The van der Waals surface area contributed by atoms with Crippen LogP contribution in [0, 0.1) is 5.82 Å². The third kappa shape index (κ3) is 2.81. The van der Waals surface area contributed by atoms with E-state index in [0.717, 1.165) is 16.5 Å². The van der Waals surface area contributed by atoms with Gasteiger partial charge in [-0.2, -0.15) is 0 Å². The van der Waals surface area contributed by atoms with E-state index in [2.05, 4.69) is 27.4 Å². The van der Waals surface area contributed by atoms with Gasteiger partial charge in [0.1, 0.15) is 5.82 Å². The Hall–Kier alpha value is -0.750. The molecule has 106 valence electrons. The smallest absolute Gasteiger partial charge is 0.124 e. The number of nitrogens with one attached hydrogen (secondary N) is 1. The van der Waals surface area contributed by atoms with Gasteiger partial charge < -0.3 is 0 Å². The van der Waals surface area contributed by atoms with E-state index in [1.807, 2.05) is 17.4 Å². The predicted molar refractivity (Wildman–Crippen MR) is 84.2 cm³/mol. The molecule has 0 saturated heterocycles. The number of hydrogen-bond acceptors (Lipinski definition) is 3. The number of fused-ring (bicyclic) bond motifs is 1. The molecule has 0 radical (unpaired) electrons. The molecular formula is C15H16BrFN2S. The lowest BCUT2D eigenvalue weighted by molar-refractivity contribution is 0.558. The molecule has 3 rings (SSSR count). The minimum absolute atomic E-state index is 0.0763. The fraction of sp³-hybridized carbons (Fsp3) is 0.333. The van der Waals surface area contributed by atoms with Crippen LogP contribution < -0.4 is 11.3 Å². The number of hydrazine groups is 1. The van der Waals surface area contributed by atoms with Crippen molar-refractivity contribution in [2.75, 3.05) is 0 Å². The molecule has 0 aliphatic heterocycles. The Balaban J connectivity index is 1.82. The van der Waals surface area contributed by atoms with Crippen LogP contribution in [-0.2, 0) is 19.3 Å². The highest BCUT2D eigenvalue weighted by molar-refractivity contribution is 9.10. The minimum atomic E-state index is -0.229. The van der Waals surface area contributed by atoms with Gasteiger partial charge in [-0.15, -0.1) is 11.3 Å². The second-order valence-electron chi connectivity index (χ2n) is 5.11. The molecule has 20 heavy (non-hydrogen) atoms. The second-order valence-corrected chi connectivity index (χ2v) is 7.13. The molecule has 2 nitrogen and oxygen atoms in total. The zero-order valence-electron chi connectivity index (χ0n) is 11.0. The molecule has 1 aromatic carbocycles. The van der Waals surface area contributed by atoms with Crippen LogP contribution in [0.1, 0.15) is 33.3 Å². The Morgan fingerprint density at radius 1 is 1.35 bits per heavy atom. The van der Waals surface area contributed by atoms with Gasteiger partial charge in [-0.3, -0.25) is 11.3 Å². The fourth-order valence-corrected chi connectivity index (χ4v) is 4.50. The van der Waals surface area contributed by atoms with E-state index in [-0.39, 0.29) is 11.9 Å². The number of benzene rings is 1. The lowest BCUT2D eigenvalue weighted by Crippen LogP contribution is -2.29. The summed E-state index contributed by atoms with van der Waals surface area (Å²) in [5.74, 6) is 5.49. The van der Waals surface area contributed by atoms with Gasteiger partial charge in [0.15, 0.2) is 0 Å². The van der Waals surface area contributed by atoms with Gasteiger partial charge in [-0.1, -0.05) is 22.0 Å². The van der Waals surface area contributed by atoms with E-state index in [9.17, 15) is 4.39 Å². The van der Waals surface area contributed by atoms with E-state index >= 15 is 0 Å². The van der Waals surface area contributed by atoms with Crippen molar-refractivity contribution in [3.8, 4) is 0 Å². The molecule has 1 aliphatic carbocycles. The Bertz CT molecular complexity index is 605. The first-order chi connectivity index (χ1) is 9.67. The van der Waals surface area contributed by atoms with E-state index in [1.54, 1.807) is 0 Å².